The molecule has 0 radical (unpaired) electrons. The van der Waals surface area contributed by atoms with Crippen LogP contribution < -0.4 is 0 Å². The molecule has 0 saturated heterocycles. The van der Waals surface area contributed by atoms with Crippen LogP contribution >= 0.6 is 0 Å². The minimum atomic E-state index is -0.759. The number of ether oxygens (including phenoxy) is 3. The molecule has 0 amide bonds. The fourth-order valence-electron chi connectivity index (χ4n) is 6.05. The topological polar surface area (TPSA) is 78.9 Å². The van der Waals surface area contributed by atoms with Crippen LogP contribution in [0.3, 0.4) is 0 Å². The molecule has 0 fully saturated rings. The van der Waals surface area contributed by atoms with E-state index < -0.39 is 6.10 Å². The molecule has 0 aromatic carbocycles. The van der Waals surface area contributed by atoms with Gasteiger partial charge in [-0.15, -0.1) is 0 Å². The van der Waals surface area contributed by atoms with Gasteiger partial charge < -0.3 is 14.2 Å². The second-order valence-corrected chi connectivity index (χ2v) is 15.2. The van der Waals surface area contributed by atoms with Crippen molar-refractivity contribution in [1.82, 2.24) is 0 Å². The van der Waals surface area contributed by atoms with Crippen LogP contribution in [0.1, 0.15) is 221 Å². The largest absolute Gasteiger partial charge is 0.462 e. The Morgan fingerprint density at radius 1 is 0.396 bits per heavy atom. The van der Waals surface area contributed by atoms with Crippen LogP contribution in [0.15, 0.2) is 0 Å². The zero-order valence-electron chi connectivity index (χ0n) is 32.6. The van der Waals surface area contributed by atoms with E-state index in [2.05, 4.69) is 34.6 Å². The van der Waals surface area contributed by atoms with E-state index >= 15 is 0 Å². The molecule has 6 heteroatoms. The lowest BCUT2D eigenvalue weighted by molar-refractivity contribution is -0.167. The molecule has 0 spiro atoms. The number of hydrogen-bond donors (Lipinski definition) is 0. The highest BCUT2D eigenvalue weighted by atomic mass is 16.6. The van der Waals surface area contributed by atoms with Gasteiger partial charge in [-0.1, -0.05) is 182 Å². The van der Waals surface area contributed by atoms with Gasteiger partial charge in [0.25, 0.3) is 0 Å². The lowest BCUT2D eigenvalue weighted by atomic mass is 10.0. The van der Waals surface area contributed by atoms with Gasteiger partial charge in [-0.05, 0) is 31.1 Å². The van der Waals surface area contributed by atoms with Crippen LogP contribution in [-0.4, -0.2) is 37.2 Å². The lowest BCUT2D eigenvalue weighted by Crippen LogP contribution is -2.30. The molecule has 0 aromatic rings. The van der Waals surface area contributed by atoms with Crippen LogP contribution in [-0.2, 0) is 28.6 Å². The van der Waals surface area contributed by atoms with Crippen LogP contribution in [0.5, 0.6) is 0 Å². The average Bonchev–Trinajstić information content (AvgIpc) is 3.05. The summed E-state index contributed by atoms with van der Waals surface area (Å²) in [5.74, 6) is 0.696. The zero-order valence-corrected chi connectivity index (χ0v) is 32.6. The number of carbonyl (C=O) groups is 3. The van der Waals surface area contributed by atoms with Crippen molar-refractivity contribution in [1.29, 1.82) is 0 Å². The Kier molecular flexibility index (Phi) is 34.1. The Morgan fingerprint density at radius 3 is 1.02 bits per heavy atom. The first-order valence-corrected chi connectivity index (χ1v) is 20.7. The van der Waals surface area contributed by atoms with Crippen LogP contribution in [0.25, 0.3) is 0 Å². The van der Waals surface area contributed by atoms with E-state index in [-0.39, 0.29) is 31.1 Å². The standard InChI is InChI=1S/C42H80O6/c1-6-7-8-9-10-12-16-22-27-32-40(43)46-35-39(48-42(45)34-29-24-19-18-21-26-31-38(4)5)36-47-41(44)33-28-23-17-14-11-13-15-20-25-30-37(2)3/h37-39H,6-36H2,1-5H3/t39-/m0/s1. The molecule has 0 aliphatic carbocycles. The zero-order chi connectivity index (χ0) is 35.5. The van der Waals surface area contributed by atoms with E-state index in [0.717, 1.165) is 69.6 Å². The van der Waals surface area contributed by atoms with E-state index in [4.69, 9.17) is 14.2 Å². The summed E-state index contributed by atoms with van der Waals surface area (Å²) in [5, 5.41) is 0. The van der Waals surface area contributed by atoms with Gasteiger partial charge in [0, 0.05) is 19.3 Å². The first-order valence-electron chi connectivity index (χ1n) is 20.7. The molecule has 0 bridgehead atoms. The number of unbranched alkanes of at least 4 members (excludes halogenated alkanes) is 21. The number of hydrogen-bond acceptors (Lipinski definition) is 6. The SMILES string of the molecule is CCCCCCCCCCCC(=O)OC[C@@H](COC(=O)CCCCCCCCCCCC(C)C)OC(=O)CCCCCCCCC(C)C. The summed E-state index contributed by atoms with van der Waals surface area (Å²) < 4.78 is 16.6. The number of rotatable bonds is 36. The summed E-state index contributed by atoms with van der Waals surface area (Å²) in [5.41, 5.74) is 0. The van der Waals surface area contributed by atoms with E-state index in [1.807, 2.05) is 0 Å². The maximum atomic E-state index is 12.6. The summed E-state index contributed by atoms with van der Waals surface area (Å²) in [7, 11) is 0. The van der Waals surface area contributed by atoms with E-state index in [1.165, 1.54) is 109 Å². The van der Waals surface area contributed by atoms with Crippen LogP contribution in [0, 0.1) is 11.8 Å². The molecule has 0 unspecified atom stereocenters. The summed E-state index contributed by atoms with van der Waals surface area (Å²) in [4.78, 5) is 37.4. The second-order valence-electron chi connectivity index (χ2n) is 15.2. The maximum Gasteiger partial charge on any atom is 0.306 e. The van der Waals surface area contributed by atoms with Crippen molar-refractivity contribution in [2.45, 2.75) is 227 Å². The molecule has 0 aliphatic heterocycles. The molecule has 0 rings (SSSR count). The van der Waals surface area contributed by atoms with Crippen LogP contribution in [0.4, 0.5) is 0 Å². The van der Waals surface area contributed by atoms with Gasteiger partial charge in [-0.2, -0.15) is 0 Å². The van der Waals surface area contributed by atoms with Crippen molar-refractivity contribution in [2.24, 2.45) is 11.8 Å². The third kappa shape index (κ3) is 35.7. The van der Waals surface area contributed by atoms with Gasteiger partial charge in [-0.25, -0.2) is 0 Å². The first kappa shape index (κ1) is 46.4. The summed E-state index contributed by atoms with van der Waals surface area (Å²) in [6, 6.07) is 0. The molecule has 0 saturated carbocycles. The molecule has 284 valence electrons. The highest BCUT2D eigenvalue weighted by Gasteiger charge is 2.19. The van der Waals surface area contributed by atoms with E-state index in [0.29, 0.717) is 19.3 Å². The lowest BCUT2D eigenvalue weighted by Gasteiger charge is -2.18. The summed E-state index contributed by atoms with van der Waals surface area (Å²) in [6.45, 7) is 11.2. The van der Waals surface area contributed by atoms with Crippen molar-refractivity contribution in [3.63, 3.8) is 0 Å². The van der Waals surface area contributed by atoms with E-state index in [1.54, 1.807) is 0 Å². The van der Waals surface area contributed by atoms with Crippen molar-refractivity contribution in [2.75, 3.05) is 13.2 Å². The van der Waals surface area contributed by atoms with Gasteiger partial charge in [-0.3, -0.25) is 14.4 Å². The molecule has 48 heavy (non-hydrogen) atoms. The molecule has 0 heterocycles. The van der Waals surface area contributed by atoms with Crippen molar-refractivity contribution < 1.29 is 28.6 Å². The summed E-state index contributed by atoms with van der Waals surface area (Å²) in [6.07, 6.45) is 31.0. The Hall–Kier alpha value is -1.59. The third-order valence-corrected chi connectivity index (χ3v) is 9.22. The third-order valence-electron chi connectivity index (χ3n) is 9.22. The fraction of sp³-hybridized carbons (Fsp3) is 0.929. The molecule has 0 aliphatic rings. The summed E-state index contributed by atoms with van der Waals surface area (Å²) >= 11 is 0. The van der Waals surface area contributed by atoms with Crippen molar-refractivity contribution in [3.05, 3.63) is 0 Å². The van der Waals surface area contributed by atoms with Gasteiger partial charge in [0.1, 0.15) is 13.2 Å². The Labute approximate surface area is 298 Å². The van der Waals surface area contributed by atoms with Crippen molar-refractivity contribution >= 4 is 17.9 Å². The van der Waals surface area contributed by atoms with Gasteiger partial charge in [0.05, 0.1) is 0 Å². The molecular weight excluding hydrogens is 600 g/mol. The predicted molar refractivity (Wildman–Crippen MR) is 201 cm³/mol. The Bertz CT molecular complexity index is 734. The quantitative estimate of drug-likeness (QED) is 0.0372. The molecule has 6 nitrogen and oxygen atoms in total. The normalized spacial score (nSPS) is 12.1. The number of esters is 3. The Morgan fingerprint density at radius 2 is 0.688 bits per heavy atom. The van der Waals surface area contributed by atoms with Crippen LogP contribution in [0.2, 0.25) is 0 Å². The van der Waals surface area contributed by atoms with Gasteiger partial charge >= 0.3 is 17.9 Å². The highest BCUT2D eigenvalue weighted by molar-refractivity contribution is 5.71. The van der Waals surface area contributed by atoms with Gasteiger partial charge in [0.15, 0.2) is 6.10 Å². The minimum absolute atomic E-state index is 0.0669. The highest BCUT2D eigenvalue weighted by Crippen LogP contribution is 2.15. The second kappa shape index (κ2) is 35.2. The monoisotopic (exact) mass is 681 g/mol. The molecule has 0 N–H and O–H groups in total. The van der Waals surface area contributed by atoms with E-state index in [9.17, 15) is 14.4 Å². The molecule has 0 aromatic heterocycles. The van der Waals surface area contributed by atoms with Crippen molar-refractivity contribution in [3.8, 4) is 0 Å². The Balaban J connectivity index is 4.33. The minimum Gasteiger partial charge on any atom is -0.462 e. The van der Waals surface area contributed by atoms with Gasteiger partial charge in [0.2, 0.25) is 0 Å². The predicted octanol–water partition coefficient (Wildman–Crippen LogP) is 12.6. The number of carbonyl (C=O) groups excluding carboxylic acids is 3. The molecule has 1 atom stereocenters. The smallest absolute Gasteiger partial charge is 0.306 e. The first-order chi connectivity index (χ1) is 23.2. The molecular formula is C42H80O6. The fourth-order valence-corrected chi connectivity index (χ4v) is 6.05. The maximum absolute atomic E-state index is 12.6. The average molecular weight is 681 g/mol.